The van der Waals surface area contributed by atoms with Crippen molar-refractivity contribution in [3.05, 3.63) is 29.8 Å². The van der Waals surface area contributed by atoms with Gasteiger partial charge in [0.1, 0.15) is 5.75 Å². The summed E-state index contributed by atoms with van der Waals surface area (Å²) in [4.78, 5) is 14.5. The lowest BCUT2D eigenvalue weighted by Crippen LogP contribution is -2.38. The summed E-state index contributed by atoms with van der Waals surface area (Å²) < 4.78 is 5.10. The molecular formula is C15H22N2O2S. The van der Waals surface area contributed by atoms with Crippen molar-refractivity contribution in [3.63, 3.8) is 0 Å². The third kappa shape index (κ3) is 4.81. The second-order valence-electron chi connectivity index (χ2n) is 4.76. The fourth-order valence-electron chi connectivity index (χ4n) is 1.86. The van der Waals surface area contributed by atoms with E-state index in [-0.39, 0.29) is 11.8 Å². The minimum Gasteiger partial charge on any atom is -0.497 e. The van der Waals surface area contributed by atoms with Crippen molar-refractivity contribution in [2.75, 3.05) is 20.2 Å². The van der Waals surface area contributed by atoms with Crippen molar-refractivity contribution in [1.29, 1.82) is 0 Å². The van der Waals surface area contributed by atoms with E-state index in [1.807, 2.05) is 38.1 Å². The summed E-state index contributed by atoms with van der Waals surface area (Å²) in [5, 5.41) is 0. The van der Waals surface area contributed by atoms with Gasteiger partial charge in [0.25, 0.3) is 0 Å². The lowest BCUT2D eigenvalue weighted by Gasteiger charge is -2.24. The van der Waals surface area contributed by atoms with Crippen molar-refractivity contribution in [1.82, 2.24) is 4.90 Å². The highest BCUT2D eigenvalue weighted by atomic mass is 32.1. The molecule has 0 radical (unpaired) electrons. The van der Waals surface area contributed by atoms with Gasteiger partial charge in [0.15, 0.2) is 0 Å². The number of nitrogens with zero attached hydrogens (tertiary/aromatic N) is 1. The highest BCUT2D eigenvalue weighted by Gasteiger charge is 2.16. The van der Waals surface area contributed by atoms with E-state index in [1.165, 1.54) is 0 Å². The molecule has 0 heterocycles. The van der Waals surface area contributed by atoms with Crippen LogP contribution in [0.1, 0.15) is 19.4 Å². The predicted octanol–water partition coefficient (Wildman–Crippen LogP) is 2.01. The maximum absolute atomic E-state index is 12.3. The van der Waals surface area contributed by atoms with Crippen LogP contribution in [0.5, 0.6) is 5.75 Å². The normalized spacial score (nSPS) is 11.8. The molecule has 0 aliphatic carbocycles. The lowest BCUT2D eigenvalue weighted by atomic mass is 10.1. The van der Waals surface area contributed by atoms with E-state index in [0.717, 1.165) is 11.3 Å². The number of thiocarbonyl (C=S) groups is 1. The van der Waals surface area contributed by atoms with Gasteiger partial charge in [-0.25, -0.2) is 0 Å². The molecule has 0 aromatic heterocycles. The zero-order chi connectivity index (χ0) is 15.1. The summed E-state index contributed by atoms with van der Waals surface area (Å²) in [6, 6.07) is 7.52. The third-order valence-electron chi connectivity index (χ3n) is 3.23. The number of benzene rings is 1. The van der Waals surface area contributed by atoms with Crippen molar-refractivity contribution < 1.29 is 9.53 Å². The van der Waals surface area contributed by atoms with Crippen LogP contribution in [0.15, 0.2) is 24.3 Å². The number of hydrogen-bond donors (Lipinski definition) is 1. The van der Waals surface area contributed by atoms with E-state index in [1.54, 1.807) is 12.0 Å². The van der Waals surface area contributed by atoms with Crippen LogP contribution < -0.4 is 10.5 Å². The van der Waals surface area contributed by atoms with Gasteiger partial charge in [-0.05, 0) is 24.6 Å². The van der Waals surface area contributed by atoms with Gasteiger partial charge in [0.2, 0.25) is 5.91 Å². The first-order valence-corrected chi connectivity index (χ1v) is 7.08. The first-order chi connectivity index (χ1) is 9.47. The highest BCUT2D eigenvalue weighted by Crippen LogP contribution is 2.13. The molecule has 1 aromatic carbocycles. The second-order valence-corrected chi connectivity index (χ2v) is 5.23. The Balaban J connectivity index is 2.64. The Morgan fingerprint density at radius 3 is 2.45 bits per heavy atom. The monoisotopic (exact) mass is 294 g/mol. The molecule has 4 nitrogen and oxygen atoms in total. The van der Waals surface area contributed by atoms with E-state index in [9.17, 15) is 4.79 Å². The van der Waals surface area contributed by atoms with Crippen molar-refractivity contribution in [3.8, 4) is 5.75 Å². The Morgan fingerprint density at radius 1 is 1.40 bits per heavy atom. The van der Waals surface area contributed by atoms with E-state index in [4.69, 9.17) is 22.7 Å². The SMILES string of the molecule is CCN(CC(C)C(N)=S)C(=O)Cc1ccc(OC)cc1. The Hall–Kier alpha value is -1.62. The quantitative estimate of drug-likeness (QED) is 0.782. The molecule has 0 fully saturated rings. The van der Waals surface area contributed by atoms with E-state index in [0.29, 0.717) is 24.5 Å². The first kappa shape index (κ1) is 16.4. The second kappa shape index (κ2) is 7.85. The topological polar surface area (TPSA) is 55.6 Å². The predicted molar refractivity (Wildman–Crippen MR) is 84.9 cm³/mol. The van der Waals surface area contributed by atoms with Crippen LogP contribution in [-0.2, 0) is 11.2 Å². The number of amides is 1. The number of carbonyl (C=O) groups is 1. The van der Waals surface area contributed by atoms with E-state index in [2.05, 4.69) is 0 Å². The summed E-state index contributed by atoms with van der Waals surface area (Å²) in [5.41, 5.74) is 6.57. The average Bonchev–Trinajstić information content (AvgIpc) is 2.44. The molecule has 110 valence electrons. The molecule has 1 rings (SSSR count). The lowest BCUT2D eigenvalue weighted by molar-refractivity contribution is -0.130. The number of hydrogen-bond acceptors (Lipinski definition) is 3. The molecule has 0 spiro atoms. The van der Waals surface area contributed by atoms with Crippen LogP contribution in [-0.4, -0.2) is 36.0 Å². The molecule has 20 heavy (non-hydrogen) atoms. The molecule has 1 unspecified atom stereocenters. The molecule has 5 heteroatoms. The van der Waals surface area contributed by atoms with Gasteiger partial charge in [-0.2, -0.15) is 0 Å². The fraction of sp³-hybridized carbons (Fsp3) is 0.467. The molecule has 1 atom stereocenters. The Labute approximate surface area is 125 Å². The Kier molecular flexibility index (Phi) is 6.45. The highest BCUT2D eigenvalue weighted by molar-refractivity contribution is 7.80. The van der Waals surface area contributed by atoms with Gasteiger partial charge in [0.05, 0.1) is 18.5 Å². The number of likely N-dealkylation sites (N-methyl/N-ethyl adjacent to an activating group) is 1. The molecule has 0 bridgehead atoms. The summed E-state index contributed by atoms with van der Waals surface area (Å²) in [5.74, 6) is 0.904. The van der Waals surface area contributed by atoms with E-state index < -0.39 is 0 Å². The van der Waals surface area contributed by atoms with Crippen molar-refractivity contribution >= 4 is 23.1 Å². The molecule has 0 aliphatic heterocycles. The zero-order valence-electron chi connectivity index (χ0n) is 12.3. The van der Waals surface area contributed by atoms with Gasteiger partial charge in [-0.1, -0.05) is 31.3 Å². The van der Waals surface area contributed by atoms with Crippen LogP contribution in [0.25, 0.3) is 0 Å². The Morgan fingerprint density at radius 2 is 2.00 bits per heavy atom. The zero-order valence-corrected chi connectivity index (χ0v) is 13.1. The van der Waals surface area contributed by atoms with Crippen LogP contribution in [0, 0.1) is 5.92 Å². The summed E-state index contributed by atoms with van der Waals surface area (Å²) in [6.45, 7) is 5.12. The number of ether oxygens (including phenoxy) is 1. The van der Waals surface area contributed by atoms with Crippen LogP contribution in [0.2, 0.25) is 0 Å². The largest absolute Gasteiger partial charge is 0.497 e. The summed E-state index contributed by atoms with van der Waals surface area (Å²) >= 11 is 4.95. The molecule has 1 aromatic rings. The minimum atomic E-state index is 0.0322. The third-order valence-corrected chi connectivity index (χ3v) is 3.63. The standard InChI is InChI=1S/C15H22N2O2S/c1-4-17(10-11(2)15(16)20)14(18)9-12-5-7-13(19-3)8-6-12/h5-8,11H,4,9-10H2,1-3H3,(H2,16,20). The van der Waals surface area contributed by atoms with Gasteiger partial charge < -0.3 is 15.4 Å². The number of nitrogens with two attached hydrogens (primary N) is 1. The van der Waals surface area contributed by atoms with Gasteiger partial charge in [0, 0.05) is 19.0 Å². The summed E-state index contributed by atoms with van der Waals surface area (Å²) in [6.07, 6.45) is 0.377. The molecular weight excluding hydrogens is 272 g/mol. The Bertz CT molecular complexity index is 459. The molecule has 0 saturated heterocycles. The first-order valence-electron chi connectivity index (χ1n) is 6.68. The van der Waals surface area contributed by atoms with Crippen molar-refractivity contribution in [2.24, 2.45) is 11.7 Å². The van der Waals surface area contributed by atoms with Crippen molar-refractivity contribution in [2.45, 2.75) is 20.3 Å². The van der Waals surface area contributed by atoms with Crippen LogP contribution in [0.4, 0.5) is 0 Å². The van der Waals surface area contributed by atoms with E-state index >= 15 is 0 Å². The smallest absolute Gasteiger partial charge is 0.227 e. The maximum Gasteiger partial charge on any atom is 0.227 e. The maximum atomic E-state index is 12.3. The molecule has 1 amide bonds. The number of rotatable bonds is 7. The fourth-order valence-corrected chi connectivity index (χ4v) is 1.93. The molecule has 2 N–H and O–H groups in total. The minimum absolute atomic E-state index is 0.0322. The average molecular weight is 294 g/mol. The summed E-state index contributed by atoms with van der Waals surface area (Å²) in [7, 11) is 1.62. The number of carbonyl (C=O) groups excluding carboxylic acids is 1. The van der Waals surface area contributed by atoms with Crippen LogP contribution >= 0.6 is 12.2 Å². The van der Waals surface area contributed by atoms with Crippen LogP contribution in [0.3, 0.4) is 0 Å². The van der Waals surface area contributed by atoms with Gasteiger partial charge in [-0.3, -0.25) is 4.79 Å². The number of methoxy groups -OCH3 is 1. The van der Waals surface area contributed by atoms with Gasteiger partial charge in [-0.15, -0.1) is 0 Å². The molecule has 0 aliphatic rings. The van der Waals surface area contributed by atoms with Gasteiger partial charge >= 0.3 is 0 Å². The molecule has 0 saturated carbocycles.